The van der Waals surface area contributed by atoms with Gasteiger partial charge < -0.3 is 10.6 Å². The van der Waals surface area contributed by atoms with Crippen LogP contribution in [0.25, 0.3) is 0 Å². The van der Waals surface area contributed by atoms with E-state index in [4.69, 9.17) is 0 Å². The number of unbranched alkanes of at least 4 members (excludes halogenated alkanes) is 4. The van der Waals surface area contributed by atoms with Crippen LogP contribution in [0.1, 0.15) is 89.3 Å². The zero-order valence-corrected chi connectivity index (χ0v) is 14.8. The third-order valence-electron chi connectivity index (χ3n) is 2.95. The van der Waals surface area contributed by atoms with Crippen LogP contribution in [0.2, 0.25) is 0 Å². The smallest absolute Gasteiger partial charge is 0.314 e. The maximum atomic E-state index is 11.4. The largest absolute Gasteiger partial charge is 0.338 e. The van der Waals surface area contributed by atoms with Gasteiger partial charge in [-0.3, -0.25) is 0 Å². The number of amides is 2. The van der Waals surface area contributed by atoms with Crippen LogP contribution in [0.15, 0.2) is 0 Å². The number of hydrogen-bond donors (Lipinski definition) is 2. The Morgan fingerprint density at radius 2 is 1.40 bits per heavy atom. The number of carbonyl (C=O) groups excluding carboxylic acids is 1. The third kappa shape index (κ3) is 19.6. The Bertz CT molecular complexity index is 219. The van der Waals surface area contributed by atoms with E-state index >= 15 is 0 Å². The summed E-state index contributed by atoms with van der Waals surface area (Å²) in [5.74, 6) is 0. The molecule has 0 unspecified atom stereocenters. The molecule has 0 fully saturated rings. The van der Waals surface area contributed by atoms with Crippen molar-refractivity contribution in [2.45, 2.75) is 86.5 Å². The minimum absolute atomic E-state index is 0. The molecule has 0 aliphatic heterocycles. The van der Waals surface area contributed by atoms with Crippen LogP contribution in [0.4, 0.5) is 4.79 Å². The molecule has 0 atom stereocenters. The van der Waals surface area contributed by atoms with Gasteiger partial charge in [0.25, 0.3) is 0 Å². The summed E-state index contributed by atoms with van der Waals surface area (Å²) in [6.07, 6.45) is 8.25. The molecule has 20 heavy (non-hydrogen) atoms. The van der Waals surface area contributed by atoms with Crippen molar-refractivity contribution in [1.29, 1.82) is 0 Å². The Kier molecular flexibility index (Phi) is 15.8. The number of rotatable bonds is 9. The molecule has 0 bridgehead atoms. The second-order valence-corrected chi connectivity index (χ2v) is 6.26. The van der Waals surface area contributed by atoms with Crippen molar-refractivity contribution >= 4 is 6.03 Å². The Hall–Kier alpha value is -0.730. The first-order valence-electron chi connectivity index (χ1n) is 8.47. The molecule has 0 aliphatic carbocycles. The minimum Gasteiger partial charge on any atom is -0.338 e. The molecule has 0 spiro atoms. The van der Waals surface area contributed by atoms with Crippen molar-refractivity contribution in [3.05, 3.63) is 0 Å². The van der Waals surface area contributed by atoms with Gasteiger partial charge in [0.15, 0.2) is 0 Å². The summed E-state index contributed by atoms with van der Waals surface area (Å²) in [6.45, 7) is 14.6. The lowest BCUT2D eigenvalue weighted by Gasteiger charge is -2.17. The van der Waals surface area contributed by atoms with Gasteiger partial charge in [0.1, 0.15) is 0 Å². The third-order valence-corrected chi connectivity index (χ3v) is 2.95. The van der Waals surface area contributed by atoms with Crippen LogP contribution in [0, 0.1) is 5.41 Å². The molecular weight excluding hydrogens is 248 g/mol. The molecule has 2 N–H and O–H groups in total. The number of carbonyl (C=O) groups is 1. The molecule has 0 heterocycles. The first-order valence-corrected chi connectivity index (χ1v) is 8.47. The summed E-state index contributed by atoms with van der Waals surface area (Å²) in [5, 5.41) is 5.79. The van der Waals surface area contributed by atoms with Crippen LogP contribution in [0.5, 0.6) is 0 Å². The monoisotopic (exact) mass is 290 g/mol. The molecule has 126 valence electrons. The summed E-state index contributed by atoms with van der Waals surface area (Å²) in [4.78, 5) is 11.4. The van der Waals surface area contributed by atoms with Gasteiger partial charge in [-0.15, -0.1) is 0 Å². The Labute approximate surface area is 130 Å². The van der Waals surface area contributed by atoms with E-state index in [2.05, 4.69) is 38.3 Å². The fourth-order valence-electron chi connectivity index (χ4n) is 1.80. The van der Waals surface area contributed by atoms with E-state index in [1.807, 2.05) is 13.8 Å². The minimum atomic E-state index is -0.0121. The molecule has 0 aromatic rings. The summed E-state index contributed by atoms with van der Waals surface area (Å²) >= 11 is 0. The lowest BCUT2D eigenvalue weighted by molar-refractivity contribution is 0.240. The fourth-order valence-corrected chi connectivity index (χ4v) is 1.80. The second-order valence-electron chi connectivity index (χ2n) is 6.26. The SMILES string of the molecule is CC.CCCCCNC(=O)NCCCCCC(C)(C)C.[HH].[HH]. The van der Waals surface area contributed by atoms with E-state index < -0.39 is 0 Å². The summed E-state index contributed by atoms with van der Waals surface area (Å²) < 4.78 is 0. The average molecular weight is 291 g/mol. The van der Waals surface area contributed by atoms with Crippen LogP contribution < -0.4 is 10.6 Å². The molecule has 0 saturated heterocycles. The standard InChI is InChI=1S/C15H32N2O.C2H6.2H2/c1-5-6-9-12-16-14(18)17-13-10-7-8-11-15(2,3)4;1-2;;/h5-13H2,1-4H3,(H2,16,17,18);1-2H3;2*1H. The topological polar surface area (TPSA) is 41.1 Å². The van der Waals surface area contributed by atoms with E-state index in [1.165, 1.54) is 32.1 Å². The lowest BCUT2D eigenvalue weighted by Crippen LogP contribution is -2.36. The molecule has 2 amide bonds. The van der Waals surface area contributed by atoms with Gasteiger partial charge in [-0.25, -0.2) is 4.79 Å². The molecule has 0 aromatic heterocycles. The van der Waals surface area contributed by atoms with Gasteiger partial charge in [0.05, 0.1) is 0 Å². The predicted octanol–water partition coefficient (Wildman–Crippen LogP) is 5.60. The Morgan fingerprint density at radius 3 is 1.85 bits per heavy atom. The quantitative estimate of drug-likeness (QED) is 0.533. The molecule has 0 aromatic carbocycles. The van der Waals surface area contributed by atoms with Gasteiger partial charge in [0, 0.05) is 15.9 Å². The summed E-state index contributed by atoms with van der Waals surface area (Å²) in [6, 6.07) is -0.0121. The molecule has 0 aliphatic rings. The van der Waals surface area contributed by atoms with Gasteiger partial charge >= 0.3 is 6.03 Å². The van der Waals surface area contributed by atoms with Crippen molar-refractivity contribution in [1.82, 2.24) is 10.6 Å². The van der Waals surface area contributed by atoms with Crippen molar-refractivity contribution in [3.8, 4) is 0 Å². The number of urea groups is 1. The van der Waals surface area contributed by atoms with Crippen LogP contribution in [-0.4, -0.2) is 19.1 Å². The summed E-state index contributed by atoms with van der Waals surface area (Å²) in [7, 11) is 0. The van der Waals surface area contributed by atoms with Gasteiger partial charge in [-0.2, -0.15) is 0 Å². The Morgan fingerprint density at radius 1 is 0.900 bits per heavy atom. The molecule has 3 heteroatoms. The van der Waals surface area contributed by atoms with Crippen LogP contribution in [-0.2, 0) is 0 Å². The first-order chi connectivity index (χ1) is 9.45. The highest BCUT2D eigenvalue weighted by molar-refractivity contribution is 5.73. The fraction of sp³-hybridized carbons (Fsp3) is 0.941. The number of hydrogen-bond acceptors (Lipinski definition) is 1. The highest BCUT2D eigenvalue weighted by atomic mass is 16.2. The number of nitrogens with one attached hydrogen (secondary N) is 2. The molecule has 0 radical (unpaired) electrons. The van der Waals surface area contributed by atoms with Gasteiger partial charge in [-0.05, 0) is 24.7 Å². The maximum absolute atomic E-state index is 11.4. The molecule has 3 nitrogen and oxygen atoms in total. The molecular formula is C17H42N2O. The molecule has 0 saturated carbocycles. The predicted molar refractivity (Wildman–Crippen MR) is 94.4 cm³/mol. The zero-order valence-electron chi connectivity index (χ0n) is 14.8. The van der Waals surface area contributed by atoms with Crippen molar-refractivity contribution < 1.29 is 7.65 Å². The Balaban J connectivity index is -0.000000387. The van der Waals surface area contributed by atoms with E-state index in [1.54, 1.807) is 0 Å². The summed E-state index contributed by atoms with van der Waals surface area (Å²) in [5.41, 5.74) is 0.435. The molecule has 0 rings (SSSR count). The highest BCUT2D eigenvalue weighted by Gasteiger charge is 2.08. The normalized spacial score (nSPS) is 10.5. The van der Waals surface area contributed by atoms with Crippen molar-refractivity contribution in [2.75, 3.05) is 13.1 Å². The van der Waals surface area contributed by atoms with E-state index in [9.17, 15) is 4.79 Å². The van der Waals surface area contributed by atoms with Gasteiger partial charge in [0.2, 0.25) is 0 Å². The van der Waals surface area contributed by atoms with Gasteiger partial charge in [-0.1, -0.05) is 67.2 Å². The van der Waals surface area contributed by atoms with E-state index in [0.717, 1.165) is 25.9 Å². The maximum Gasteiger partial charge on any atom is 0.314 e. The second kappa shape index (κ2) is 14.7. The van der Waals surface area contributed by atoms with E-state index in [0.29, 0.717) is 5.41 Å². The zero-order chi connectivity index (χ0) is 15.9. The average Bonchev–Trinajstić information content (AvgIpc) is 2.40. The van der Waals surface area contributed by atoms with Crippen LogP contribution >= 0.6 is 0 Å². The highest BCUT2D eigenvalue weighted by Crippen LogP contribution is 2.21. The van der Waals surface area contributed by atoms with Crippen LogP contribution in [0.3, 0.4) is 0 Å². The van der Waals surface area contributed by atoms with Crippen molar-refractivity contribution in [3.63, 3.8) is 0 Å². The lowest BCUT2D eigenvalue weighted by atomic mass is 9.89. The van der Waals surface area contributed by atoms with Crippen molar-refractivity contribution in [2.24, 2.45) is 5.41 Å². The first kappa shape index (κ1) is 21.6. The van der Waals surface area contributed by atoms with E-state index in [-0.39, 0.29) is 8.88 Å².